The van der Waals surface area contributed by atoms with Gasteiger partial charge in [0.25, 0.3) is 17.3 Å². The molecule has 2 rings (SSSR count). The standard InChI is InChI=1S/C17H17N5O7/c1-4-29-17(24)15-9(2)14(10(3)19-15)8-18-20-16(23)11-5-12(21(25)26)7-13(6-11)22(27)28/h5-8,19H,4H2,1-3H3,(H,20,23). The normalized spacial score (nSPS) is 10.7. The zero-order valence-corrected chi connectivity index (χ0v) is 15.7. The number of hydrogen-bond donors (Lipinski definition) is 2. The van der Waals surface area contributed by atoms with E-state index in [1.165, 1.54) is 6.21 Å². The maximum absolute atomic E-state index is 12.2. The molecular weight excluding hydrogens is 386 g/mol. The van der Waals surface area contributed by atoms with Gasteiger partial charge in [-0.15, -0.1) is 0 Å². The summed E-state index contributed by atoms with van der Waals surface area (Å²) in [7, 11) is 0. The Morgan fingerprint density at radius 3 is 2.28 bits per heavy atom. The summed E-state index contributed by atoms with van der Waals surface area (Å²) < 4.78 is 4.94. The van der Waals surface area contributed by atoms with E-state index < -0.39 is 33.1 Å². The molecule has 0 saturated carbocycles. The molecule has 0 fully saturated rings. The number of ether oxygens (including phenoxy) is 1. The van der Waals surface area contributed by atoms with Crippen molar-refractivity contribution >= 4 is 29.5 Å². The first-order chi connectivity index (χ1) is 13.6. The van der Waals surface area contributed by atoms with E-state index in [2.05, 4.69) is 15.5 Å². The monoisotopic (exact) mass is 403 g/mol. The van der Waals surface area contributed by atoms with Crippen molar-refractivity contribution in [2.24, 2.45) is 5.10 Å². The zero-order chi connectivity index (χ0) is 21.7. The van der Waals surface area contributed by atoms with Crippen molar-refractivity contribution in [3.63, 3.8) is 0 Å². The second kappa shape index (κ2) is 8.73. The fourth-order valence-corrected chi connectivity index (χ4v) is 2.52. The summed E-state index contributed by atoms with van der Waals surface area (Å²) in [6, 6.07) is 2.57. The van der Waals surface area contributed by atoms with E-state index in [1.807, 2.05) is 0 Å². The number of nitro groups is 2. The molecule has 0 aliphatic heterocycles. The minimum atomic E-state index is -0.871. The lowest BCUT2D eigenvalue weighted by atomic mass is 10.1. The summed E-state index contributed by atoms with van der Waals surface area (Å²) in [5.41, 5.74) is 2.64. The molecule has 2 aromatic rings. The average molecular weight is 403 g/mol. The first-order valence-electron chi connectivity index (χ1n) is 8.29. The van der Waals surface area contributed by atoms with Crippen LogP contribution < -0.4 is 5.43 Å². The Labute approximate surface area is 163 Å². The number of non-ortho nitro benzene ring substituents is 2. The Kier molecular flexibility index (Phi) is 6.39. The smallest absolute Gasteiger partial charge is 0.355 e. The van der Waals surface area contributed by atoms with Crippen LogP contribution in [0.15, 0.2) is 23.3 Å². The van der Waals surface area contributed by atoms with Gasteiger partial charge in [-0.3, -0.25) is 25.0 Å². The number of H-pyrrole nitrogens is 1. The van der Waals surface area contributed by atoms with Gasteiger partial charge in [0, 0.05) is 23.4 Å². The summed E-state index contributed by atoms with van der Waals surface area (Å²) in [6.07, 6.45) is 1.29. The largest absolute Gasteiger partial charge is 0.461 e. The second-order valence-corrected chi connectivity index (χ2v) is 5.84. The molecule has 1 heterocycles. The lowest BCUT2D eigenvalue weighted by Gasteiger charge is -2.01. The number of nitrogens with one attached hydrogen (secondary N) is 2. The number of hydrogen-bond acceptors (Lipinski definition) is 8. The Hall–Kier alpha value is -4.09. The number of aromatic nitrogens is 1. The van der Waals surface area contributed by atoms with E-state index in [0.29, 0.717) is 16.8 Å². The summed E-state index contributed by atoms with van der Waals surface area (Å²) in [5, 5.41) is 25.6. The highest BCUT2D eigenvalue weighted by molar-refractivity contribution is 5.97. The van der Waals surface area contributed by atoms with Crippen LogP contribution in [0.4, 0.5) is 11.4 Å². The van der Waals surface area contributed by atoms with Crippen LogP contribution in [0.25, 0.3) is 0 Å². The fraction of sp³-hybridized carbons (Fsp3) is 0.235. The molecule has 1 aromatic carbocycles. The zero-order valence-electron chi connectivity index (χ0n) is 15.7. The number of carbonyl (C=O) groups excluding carboxylic acids is 2. The van der Waals surface area contributed by atoms with Crippen LogP contribution in [0, 0.1) is 34.1 Å². The number of esters is 1. The van der Waals surface area contributed by atoms with E-state index in [4.69, 9.17) is 4.74 Å². The summed E-state index contributed by atoms with van der Waals surface area (Å²) in [6.45, 7) is 5.26. The number of hydrazone groups is 1. The molecule has 0 radical (unpaired) electrons. The molecule has 29 heavy (non-hydrogen) atoms. The van der Waals surface area contributed by atoms with Crippen LogP contribution in [-0.2, 0) is 4.74 Å². The lowest BCUT2D eigenvalue weighted by Crippen LogP contribution is -2.18. The lowest BCUT2D eigenvalue weighted by molar-refractivity contribution is -0.394. The molecule has 0 spiro atoms. The Balaban J connectivity index is 2.23. The van der Waals surface area contributed by atoms with E-state index >= 15 is 0 Å². The molecule has 0 unspecified atom stereocenters. The van der Waals surface area contributed by atoms with E-state index in [9.17, 15) is 29.8 Å². The maximum Gasteiger partial charge on any atom is 0.355 e. The number of amides is 1. The number of aryl methyl sites for hydroxylation is 1. The molecule has 2 N–H and O–H groups in total. The molecule has 0 aliphatic carbocycles. The molecular formula is C17H17N5O7. The minimum Gasteiger partial charge on any atom is -0.461 e. The van der Waals surface area contributed by atoms with Gasteiger partial charge in [-0.2, -0.15) is 5.10 Å². The number of aromatic amines is 1. The van der Waals surface area contributed by atoms with Gasteiger partial charge in [0.15, 0.2) is 0 Å². The Morgan fingerprint density at radius 1 is 1.17 bits per heavy atom. The molecule has 1 aromatic heterocycles. The first-order valence-corrected chi connectivity index (χ1v) is 8.29. The summed E-state index contributed by atoms with van der Waals surface area (Å²) in [5.74, 6) is -1.40. The number of carbonyl (C=O) groups is 2. The average Bonchev–Trinajstić information content (AvgIpc) is 2.95. The predicted octanol–water partition coefficient (Wildman–Crippen LogP) is 2.39. The summed E-state index contributed by atoms with van der Waals surface area (Å²) >= 11 is 0. The SMILES string of the molecule is CCOC(=O)c1[nH]c(C)c(C=NNC(=O)c2cc([N+](=O)[O-])cc([N+](=O)[O-])c2)c1C. The van der Waals surface area contributed by atoms with Gasteiger partial charge in [0.05, 0.1) is 34.3 Å². The van der Waals surface area contributed by atoms with Crippen molar-refractivity contribution in [2.45, 2.75) is 20.8 Å². The first kappa shape index (κ1) is 21.2. The third-order valence-electron chi connectivity index (χ3n) is 3.92. The van der Waals surface area contributed by atoms with Crippen LogP contribution in [0.3, 0.4) is 0 Å². The second-order valence-electron chi connectivity index (χ2n) is 5.84. The number of benzene rings is 1. The van der Waals surface area contributed by atoms with Gasteiger partial charge >= 0.3 is 5.97 Å². The maximum atomic E-state index is 12.2. The van der Waals surface area contributed by atoms with Gasteiger partial charge in [0.1, 0.15) is 5.69 Å². The molecule has 0 aliphatic rings. The van der Waals surface area contributed by atoms with Crippen molar-refractivity contribution in [3.8, 4) is 0 Å². The van der Waals surface area contributed by atoms with E-state index in [0.717, 1.165) is 18.2 Å². The van der Waals surface area contributed by atoms with Gasteiger partial charge in [-0.25, -0.2) is 10.2 Å². The van der Waals surface area contributed by atoms with Crippen LogP contribution in [0.2, 0.25) is 0 Å². The van der Waals surface area contributed by atoms with Crippen molar-refractivity contribution in [1.29, 1.82) is 0 Å². The van der Waals surface area contributed by atoms with E-state index in [-0.39, 0.29) is 17.9 Å². The highest BCUT2D eigenvalue weighted by Gasteiger charge is 2.20. The van der Waals surface area contributed by atoms with E-state index in [1.54, 1.807) is 20.8 Å². The molecule has 12 heteroatoms. The fourth-order valence-electron chi connectivity index (χ4n) is 2.52. The molecule has 1 amide bonds. The predicted molar refractivity (Wildman–Crippen MR) is 101 cm³/mol. The van der Waals surface area contributed by atoms with Gasteiger partial charge in [-0.05, 0) is 26.3 Å². The summed E-state index contributed by atoms with van der Waals surface area (Å²) in [4.78, 5) is 47.1. The van der Waals surface area contributed by atoms with Crippen molar-refractivity contribution in [1.82, 2.24) is 10.4 Å². The Morgan fingerprint density at radius 2 is 1.76 bits per heavy atom. The molecule has 0 saturated heterocycles. The van der Waals surface area contributed by atoms with Crippen molar-refractivity contribution in [2.75, 3.05) is 6.61 Å². The van der Waals surface area contributed by atoms with Gasteiger partial charge in [0.2, 0.25) is 0 Å². The van der Waals surface area contributed by atoms with Crippen LogP contribution in [0.1, 0.15) is 44.6 Å². The number of rotatable bonds is 7. The molecule has 0 bridgehead atoms. The number of nitrogens with zero attached hydrogens (tertiary/aromatic N) is 3. The van der Waals surface area contributed by atoms with Gasteiger partial charge in [-0.1, -0.05) is 0 Å². The third-order valence-corrected chi connectivity index (χ3v) is 3.92. The molecule has 0 atom stereocenters. The highest BCUT2D eigenvalue weighted by atomic mass is 16.6. The third kappa shape index (κ3) is 4.80. The quantitative estimate of drug-likeness (QED) is 0.309. The molecule has 12 nitrogen and oxygen atoms in total. The highest BCUT2D eigenvalue weighted by Crippen LogP contribution is 2.22. The minimum absolute atomic E-state index is 0.213. The number of nitro benzene ring substituents is 2. The Bertz CT molecular complexity index is 993. The molecule has 152 valence electrons. The van der Waals surface area contributed by atoms with Crippen LogP contribution >= 0.6 is 0 Å². The van der Waals surface area contributed by atoms with Crippen molar-refractivity contribution < 1.29 is 24.2 Å². The van der Waals surface area contributed by atoms with Crippen LogP contribution in [-0.4, -0.2) is 39.5 Å². The van der Waals surface area contributed by atoms with Crippen LogP contribution in [0.5, 0.6) is 0 Å². The van der Waals surface area contributed by atoms with Gasteiger partial charge < -0.3 is 9.72 Å². The topological polar surface area (TPSA) is 170 Å². The van der Waals surface area contributed by atoms with Crippen molar-refractivity contribution in [3.05, 3.63) is 66.5 Å².